The molecule has 0 fully saturated rings. The second kappa shape index (κ2) is 5.12. The minimum Gasteiger partial charge on any atom is -0.220 e. The van der Waals surface area contributed by atoms with Gasteiger partial charge in [-0.2, -0.15) is 5.10 Å². The van der Waals surface area contributed by atoms with Crippen molar-refractivity contribution in [1.82, 2.24) is 14.8 Å². The molecule has 4 heteroatoms. The third-order valence-corrected chi connectivity index (χ3v) is 2.71. The fourth-order valence-corrected chi connectivity index (χ4v) is 1.72. The topological polar surface area (TPSA) is 30.7 Å². The van der Waals surface area contributed by atoms with Crippen molar-refractivity contribution >= 4 is 11.6 Å². The SMILES string of the molecule is CCCCc1ncn(-c2ccccc2Cl)n1. The zero-order valence-electron chi connectivity index (χ0n) is 9.23. The zero-order chi connectivity index (χ0) is 11.4. The lowest BCUT2D eigenvalue weighted by atomic mass is 10.2. The molecule has 0 amide bonds. The van der Waals surface area contributed by atoms with Gasteiger partial charge in [0.1, 0.15) is 6.33 Å². The highest BCUT2D eigenvalue weighted by atomic mass is 35.5. The smallest absolute Gasteiger partial charge is 0.151 e. The monoisotopic (exact) mass is 235 g/mol. The van der Waals surface area contributed by atoms with Crippen LogP contribution in [0.25, 0.3) is 5.69 Å². The molecule has 0 spiro atoms. The molecule has 0 radical (unpaired) electrons. The Labute approximate surface area is 100 Å². The molecule has 2 aromatic rings. The van der Waals surface area contributed by atoms with Crippen LogP contribution in [0.1, 0.15) is 25.6 Å². The third-order valence-electron chi connectivity index (χ3n) is 2.39. The van der Waals surface area contributed by atoms with E-state index < -0.39 is 0 Å². The second-order valence-electron chi connectivity index (χ2n) is 3.66. The molecule has 1 aromatic carbocycles. The van der Waals surface area contributed by atoms with Crippen LogP contribution in [-0.4, -0.2) is 14.8 Å². The number of halogens is 1. The average Bonchev–Trinajstić information content (AvgIpc) is 2.75. The van der Waals surface area contributed by atoms with Crippen LogP contribution < -0.4 is 0 Å². The molecular weight excluding hydrogens is 222 g/mol. The van der Waals surface area contributed by atoms with Gasteiger partial charge in [0.05, 0.1) is 10.7 Å². The lowest BCUT2D eigenvalue weighted by Crippen LogP contribution is -1.97. The van der Waals surface area contributed by atoms with Gasteiger partial charge in [0.15, 0.2) is 5.82 Å². The van der Waals surface area contributed by atoms with E-state index in [1.807, 2.05) is 24.3 Å². The van der Waals surface area contributed by atoms with Crippen LogP contribution in [0.4, 0.5) is 0 Å². The Kier molecular flexibility index (Phi) is 3.57. The summed E-state index contributed by atoms with van der Waals surface area (Å²) in [7, 11) is 0. The van der Waals surface area contributed by atoms with Crippen molar-refractivity contribution in [2.45, 2.75) is 26.2 Å². The van der Waals surface area contributed by atoms with Gasteiger partial charge < -0.3 is 0 Å². The predicted molar refractivity (Wildman–Crippen MR) is 65.0 cm³/mol. The highest BCUT2D eigenvalue weighted by Gasteiger charge is 2.05. The Balaban J connectivity index is 2.22. The molecule has 0 atom stereocenters. The van der Waals surface area contributed by atoms with E-state index in [1.54, 1.807) is 11.0 Å². The van der Waals surface area contributed by atoms with Crippen LogP contribution in [0.3, 0.4) is 0 Å². The summed E-state index contributed by atoms with van der Waals surface area (Å²) in [6.07, 6.45) is 4.91. The number of aromatic nitrogens is 3. The number of hydrogen-bond donors (Lipinski definition) is 0. The molecule has 84 valence electrons. The summed E-state index contributed by atoms with van der Waals surface area (Å²) in [4.78, 5) is 4.26. The van der Waals surface area contributed by atoms with E-state index in [9.17, 15) is 0 Å². The van der Waals surface area contributed by atoms with Crippen molar-refractivity contribution in [2.75, 3.05) is 0 Å². The van der Waals surface area contributed by atoms with Crippen LogP contribution in [0.5, 0.6) is 0 Å². The molecule has 16 heavy (non-hydrogen) atoms. The van der Waals surface area contributed by atoms with Crippen LogP contribution in [0.2, 0.25) is 5.02 Å². The number of benzene rings is 1. The van der Waals surface area contributed by atoms with Gasteiger partial charge in [0, 0.05) is 6.42 Å². The third kappa shape index (κ3) is 2.42. The lowest BCUT2D eigenvalue weighted by Gasteiger charge is -2.01. The normalized spacial score (nSPS) is 10.6. The first-order valence-electron chi connectivity index (χ1n) is 5.46. The molecule has 2 rings (SSSR count). The first kappa shape index (κ1) is 11.1. The molecule has 0 aliphatic carbocycles. The van der Waals surface area contributed by atoms with Gasteiger partial charge in [0.2, 0.25) is 0 Å². The maximum Gasteiger partial charge on any atom is 0.151 e. The summed E-state index contributed by atoms with van der Waals surface area (Å²) < 4.78 is 1.73. The summed E-state index contributed by atoms with van der Waals surface area (Å²) in [6, 6.07) is 7.63. The summed E-state index contributed by atoms with van der Waals surface area (Å²) in [6.45, 7) is 2.16. The van der Waals surface area contributed by atoms with Crippen LogP contribution >= 0.6 is 11.6 Å². The minimum absolute atomic E-state index is 0.689. The summed E-state index contributed by atoms with van der Waals surface area (Å²) in [5.74, 6) is 0.877. The molecule has 0 aliphatic rings. The minimum atomic E-state index is 0.689. The van der Waals surface area contributed by atoms with E-state index in [1.165, 1.54) is 0 Å². The number of aryl methyl sites for hydroxylation is 1. The number of hydrogen-bond acceptors (Lipinski definition) is 2. The Morgan fingerprint density at radius 1 is 1.31 bits per heavy atom. The first-order chi connectivity index (χ1) is 7.81. The van der Waals surface area contributed by atoms with Gasteiger partial charge in [-0.25, -0.2) is 9.67 Å². The molecule has 0 unspecified atom stereocenters. The highest BCUT2D eigenvalue weighted by Crippen LogP contribution is 2.18. The molecule has 0 N–H and O–H groups in total. The van der Waals surface area contributed by atoms with Crippen molar-refractivity contribution < 1.29 is 0 Å². The predicted octanol–water partition coefficient (Wildman–Crippen LogP) is 3.26. The van der Waals surface area contributed by atoms with Crippen molar-refractivity contribution in [3.05, 3.63) is 41.4 Å². The van der Waals surface area contributed by atoms with Gasteiger partial charge in [-0.3, -0.25) is 0 Å². The zero-order valence-corrected chi connectivity index (χ0v) is 9.98. The van der Waals surface area contributed by atoms with Crippen molar-refractivity contribution in [1.29, 1.82) is 0 Å². The summed E-state index contributed by atoms with van der Waals surface area (Å²) >= 11 is 6.08. The Morgan fingerprint density at radius 3 is 2.88 bits per heavy atom. The van der Waals surface area contributed by atoms with Crippen LogP contribution in [0, 0.1) is 0 Å². The maximum atomic E-state index is 6.08. The number of para-hydroxylation sites is 1. The molecule has 3 nitrogen and oxygen atoms in total. The Bertz CT molecular complexity index is 465. The van der Waals surface area contributed by atoms with E-state index >= 15 is 0 Å². The molecular formula is C12H14ClN3. The quantitative estimate of drug-likeness (QED) is 0.815. The van der Waals surface area contributed by atoms with Crippen LogP contribution in [0.15, 0.2) is 30.6 Å². The van der Waals surface area contributed by atoms with E-state index in [2.05, 4.69) is 17.0 Å². The Morgan fingerprint density at radius 2 is 2.12 bits per heavy atom. The molecule has 1 aromatic heterocycles. The van der Waals surface area contributed by atoms with Crippen molar-refractivity contribution in [2.24, 2.45) is 0 Å². The summed E-state index contributed by atoms with van der Waals surface area (Å²) in [5, 5.41) is 5.09. The van der Waals surface area contributed by atoms with E-state index in [0.717, 1.165) is 30.8 Å². The molecule has 0 saturated heterocycles. The highest BCUT2D eigenvalue weighted by molar-refractivity contribution is 6.32. The van der Waals surface area contributed by atoms with E-state index in [-0.39, 0.29) is 0 Å². The average molecular weight is 236 g/mol. The fraction of sp³-hybridized carbons (Fsp3) is 0.333. The number of rotatable bonds is 4. The maximum absolute atomic E-state index is 6.08. The summed E-state index contributed by atoms with van der Waals surface area (Å²) in [5.41, 5.74) is 0.874. The molecule has 0 aliphatic heterocycles. The van der Waals surface area contributed by atoms with Gasteiger partial charge in [0.25, 0.3) is 0 Å². The van der Waals surface area contributed by atoms with E-state index in [0.29, 0.717) is 5.02 Å². The molecule has 1 heterocycles. The number of unbranched alkanes of at least 4 members (excludes halogenated alkanes) is 1. The molecule has 0 saturated carbocycles. The number of nitrogens with zero attached hydrogens (tertiary/aromatic N) is 3. The van der Waals surface area contributed by atoms with E-state index in [4.69, 9.17) is 11.6 Å². The van der Waals surface area contributed by atoms with Gasteiger partial charge in [-0.05, 0) is 18.6 Å². The first-order valence-corrected chi connectivity index (χ1v) is 5.84. The van der Waals surface area contributed by atoms with Crippen LogP contribution in [-0.2, 0) is 6.42 Å². The standard InChI is InChI=1S/C12H14ClN3/c1-2-3-8-12-14-9-16(15-12)11-7-5-4-6-10(11)13/h4-7,9H,2-3,8H2,1H3. The van der Waals surface area contributed by atoms with Gasteiger partial charge in [-0.1, -0.05) is 37.1 Å². The largest absolute Gasteiger partial charge is 0.220 e. The Hall–Kier alpha value is -1.35. The van der Waals surface area contributed by atoms with Crippen molar-refractivity contribution in [3.63, 3.8) is 0 Å². The molecule has 0 bridgehead atoms. The van der Waals surface area contributed by atoms with Gasteiger partial charge in [-0.15, -0.1) is 0 Å². The fourth-order valence-electron chi connectivity index (χ4n) is 1.50. The lowest BCUT2D eigenvalue weighted by molar-refractivity contribution is 0.742. The van der Waals surface area contributed by atoms with Gasteiger partial charge >= 0.3 is 0 Å². The second-order valence-corrected chi connectivity index (χ2v) is 4.07. The van der Waals surface area contributed by atoms with Crippen molar-refractivity contribution in [3.8, 4) is 5.69 Å².